The fourth-order valence-electron chi connectivity index (χ4n) is 3.91. The minimum atomic E-state index is -3.70. The number of hydrazone groups is 1. The molecule has 0 unspecified atom stereocenters. The molecule has 0 saturated carbocycles. The van der Waals surface area contributed by atoms with Gasteiger partial charge in [-0.25, -0.2) is 13.8 Å². The summed E-state index contributed by atoms with van der Waals surface area (Å²) in [6.45, 7) is 0. The van der Waals surface area contributed by atoms with Gasteiger partial charge in [0, 0.05) is 16.8 Å². The first kappa shape index (κ1) is 22.3. The molecule has 2 N–H and O–H groups in total. The van der Waals surface area contributed by atoms with E-state index in [9.17, 15) is 13.2 Å². The molecule has 0 fully saturated rings. The first-order chi connectivity index (χ1) is 17.0. The molecule has 0 spiro atoms. The number of rotatable bonds is 6. The summed E-state index contributed by atoms with van der Waals surface area (Å²) in [5, 5.41) is 8.47. The molecule has 172 valence electrons. The summed E-state index contributed by atoms with van der Waals surface area (Å²) < 4.78 is 27.5. The maximum atomic E-state index is 12.6. The van der Waals surface area contributed by atoms with Crippen LogP contribution in [0, 0.1) is 0 Å². The maximum absolute atomic E-state index is 12.6. The van der Waals surface area contributed by atoms with Crippen molar-refractivity contribution in [2.24, 2.45) is 5.10 Å². The fourth-order valence-corrected chi connectivity index (χ4v) is 4.99. The molecule has 35 heavy (non-hydrogen) atoms. The number of sulfonamides is 1. The zero-order valence-corrected chi connectivity index (χ0v) is 19.4. The number of hydrogen-bond acceptors (Lipinski definition) is 4. The van der Waals surface area contributed by atoms with Crippen LogP contribution in [0.25, 0.3) is 21.5 Å². The van der Waals surface area contributed by atoms with E-state index >= 15 is 0 Å². The van der Waals surface area contributed by atoms with Crippen molar-refractivity contribution in [1.29, 1.82) is 0 Å². The van der Waals surface area contributed by atoms with E-state index < -0.39 is 15.9 Å². The highest BCUT2D eigenvalue weighted by molar-refractivity contribution is 7.92. The monoisotopic (exact) mass is 479 g/mol. The van der Waals surface area contributed by atoms with Crippen molar-refractivity contribution >= 4 is 49.4 Å². The van der Waals surface area contributed by atoms with Crippen molar-refractivity contribution in [3.63, 3.8) is 0 Å². The molecule has 0 aliphatic heterocycles. The van der Waals surface area contributed by atoms with E-state index in [4.69, 9.17) is 0 Å². The Morgan fingerprint density at radius 1 is 0.714 bits per heavy atom. The molecule has 5 aromatic rings. The van der Waals surface area contributed by atoms with Crippen molar-refractivity contribution in [3.8, 4) is 0 Å². The number of amides is 1. The minimum absolute atomic E-state index is 0.164. The molecule has 7 heteroatoms. The first-order valence-corrected chi connectivity index (χ1v) is 12.4. The normalized spacial score (nSPS) is 11.7. The second kappa shape index (κ2) is 9.40. The van der Waals surface area contributed by atoms with E-state index in [-0.39, 0.29) is 4.90 Å². The van der Waals surface area contributed by atoms with Crippen LogP contribution >= 0.6 is 0 Å². The molecule has 0 aliphatic carbocycles. The second-order valence-electron chi connectivity index (χ2n) is 7.93. The standard InChI is InChI=1S/C28H21N3O3S/c32-28(20-14-16-23(17-15-20)31-35(33,34)24-10-2-1-3-11-24)30-29-19-27-25-12-6-4-8-21(25)18-22-9-5-7-13-26(22)27/h1-19,31H,(H,30,32)/b29-19+. The van der Waals surface area contributed by atoms with Crippen molar-refractivity contribution in [1.82, 2.24) is 5.43 Å². The predicted molar refractivity (Wildman–Crippen MR) is 140 cm³/mol. The predicted octanol–water partition coefficient (Wildman–Crippen LogP) is 5.56. The van der Waals surface area contributed by atoms with Gasteiger partial charge in [-0.1, -0.05) is 66.7 Å². The highest BCUT2D eigenvalue weighted by atomic mass is 32.2. The van der Waals surface area contributed by atoms with Crippen LogP contribution < -0.4 is 10.1 Å². The molecule has 0 bridgehead atoms. The van der Waals surface area contributed by atoms with Gasteiger partial charge in [-0.15, -0.1) is 0 Å². The smallest absolute Gasteiger partial charge is 0.271 e. The number of hydrogen-bond donors (Lipinski definition) is 2. The average molecular weight is 480 g/mol. The summed E-state index contributed by atoms with van der Waals surface area (Å²) in [6, 6.07) is 32.5. The van der Waals surface area contributed by atoms with Crippen LogP contribution in [0.1, 0.15) is 15.9 Å². The molecule has 5 rings (SSSR count). The number of nitrogens with one attached hydrogen (secondary N) is 2. The van der Waals surface area contributed by atoms with Crippen molar-refractivity contribution in [2.45, 2.75) is 4.90 Å². The van der Waals surface area contributed by atoms with Crippen LogP contribution in [0.5, 0.6) is 0 Å². The lowest BCUT2D eigenvalue weighted by atomic mass is 9.97. The molecule has 1 amide bonds. The number of nitrogens with zero attached hydrogens (tertiary/aromatic N) is 1. The molecule has 0 atom stereocenters. The lowest BCUT2D eigenvalue weighted by molar-refractivity contribution is 0.0955. The van der Waals surface area contributed by atoms with Crippen LogP contribution in [0.15, 0.2) is 119 Å². The lowest BCUT2D eigenvalue weighted by Gasteiger charge is -2.09. The largest absolute Gasteiger partial charge is 0.280 e. The first-order valence-electron chi connectivity index (χ1n) is 10.9. The molecule has 5 aromatic carbocycles. The van der Waals surface area contributed by atoms with E-state index in [0.29, 0.717) is 11.3 Å². The third kappa shape index (κ3) is 4.76. The molecular weight excluding hydrogens is 458 g/mol. The fraction of sp³-hybridized carbons (Fsp3) is 0. The quantitative estimate of drug-likeness (QED) is 0.190. The highest BCUT2D eigenvalue weighted by Crippen LogP contribution is 2.27. The Morgan fingerprint density at radius 3 is 1.91 bits per heavy atom. The summed E-state index contributed by atoms with van der Waals surface area (Å²) in [5.74, 6) is -0.400. The Kier molecular flexibility index (Phi) is 5.99. The Hall–Kier alpha value is -4.49. The van der Waals surface area contributed by atoms with Crippen molar-refractivity contribution < 1.29 is 13.2 Å². The van der Waals surface area contributed by atoms with Gasteiger partial charge >= 0.3 is 0 Å². The summed E-state index contributed by atoms with van der Waals surface area (Å²) in [6.07, 6.45) is 1.66. The zero-order chi connectivity index (χ0) is 24.3. The Bertz CT molecular complexity index is 1610. The lowest BCUT2D eigenvalue weighted by Crippen LogP contribution is -2.18. The van der Waals surface area contributed by atoms with Crippen LogP contribution in [0.4, 0.5) is 5.69 Å². The van der Waals surface area contributed by atoms with Gasteiger partial charge in [-0.2, -0.15) is 5.10 Å². The van der Waals surface area contributed by atoms with Crippen LogP contribution in [-0.4, -0.2) is 20.5 Å². The minimum Gasteiger partial charge on any atom is -0.280 e. The molecule has 6 nitrogen and oxygen atoms in total. The van der Waals surface area contributed by atoms with Crippen molar-refractivity contribution in [3.05, 3.63) is 120 Å². The summed E-state index contributed by atoms with van der Waals surface area (Å²) in [5.41, 5.74) is 4.20. The Morgan fingerprint density at radius 2 is 1.29 bits per heavy atom. The van der Waals surface area contributed by atoms with E-state index in [1.165, 1.54) is 24.3 Å². The number of carbonyl (C=O) groups is 1. The van der Waals surface area contributed by atoms with Crippen molar-refractivity contribution in [2.75, 3.05) is 4.72 Å². The molecule has 0 saturated heterocycles. The van der Waals surface area contributed by atoms with Crippen LogP contribution in [-0.2, 0) is 10.0 Å². The van der Waals surface area contributed by atoms with Gasteiger partial charge in [-0.05, 0) is 64.0 Å². The van der Waals surface area contributed by atoms with E-state index in [1.807, 2.05) is 48.5 Å². The van der Waals surface area contributed by atoms with Gasteiger partial charge in [0.2, 0.25) is 0 Å². The van der Waals surface area contributed by atoms with Gasteiger partial charge in [0.1, 0.15) is 0 Å². The molecule has 0 heterocycles. The van der Waals surface area contributed by atoms with Gasteiger partial charge in [0.05, 0.1) is 11.1 Å². The van der Waals surface area contributed by atoms with E-state index in [0.717, 1.165) is 27.1 Å². The zero-order valence-electron chi connectivity index (χ0n) is 18.5. The topological polar surface area (TPSA) is 87.6 Å². The highest BCUT2D eigenvalue weighted by Gasteiger charge is 2.14. The number of anilines is 1. The SMILES string of the molecule is O=C(N/N=C/c1c2ccccc2cc2ccccc12)c1ccc(NS(=O)(=O)c2ccccc2)cc1. The van der Waals surface area contributed by atoms with Gasteiger partial charge in [0.15, 0.2) is 0 Å². The van der Waals surface area contributed by atoms with Gasteiger partial charge in [0.25, 0.3) is 15.9 Å². The number of benzene rings is 5. The molecule has 0 aliphatic rings. The summed E-state index contributed by atoms with van der Waals surface area (Å²) in [4.78, 5) is 12.8. The number of carbonyl (C=O) groups excluding carboxylic acids is 1. The second-order valence-corrected chi connectivity index (χ2v) is 9.61. The Labute approximate surface area is 203 Å². The van der Waals surface area contributed by atoms with E-state index in [2.05, 4.69) is 21.3 Å². The average Bonchev–Trinajstić information content (AvgIpc) is 2.89. The van der Waals surface area contributed by atoms with Crippen LogP contribution in [0.2, 0.25) is 0 Å². The van der Waals surface area contributed by atoms with Gasteiger partial charge < -0.3 is 0 Å². The summed E-state index contributed by atoms with van der Waals surface area (Å²) in [7, 11) is -3.70. The molecule has 0 radical (unpaired) electrons. The summed E-state index contributed by atoms with van der Waals surface area (Å²) >= 11 is 0. The maximum Gasteiger partial charge on any atom is 0.271 e. The van der Waals surface area contributed by atoms with Crippen LogP contribution in [0.3, 0.4) is 0 Å². The molecule has 0 aromatic heterocycles. The Balaban J connectivity index is 1.33. The van der Waals surface area contributed by atoms with Gasteiger partial charge in [-0.3, -0.25) is 9.52 Å². The number of fused-ring (bicyclic) bond motifs is 2. The third-order valence-corrected chi connectivity index (χ3v) is 7.02. The van der Waals surface area contributed by atoms with E-state index in [1.54, 1.807) is 36.5 Å². The third-order valence-electron chi connectivity index (χ3n) is 5.63. The molecular formula is C28H21N3O3S.